The van der Waals surface area contributed by atoms with Crippen LogP contribution in [0.4, 0.5) is 11.5 Å². The van der Waals surface area contributed by atoms with Crippen LogP contribution in [0.15, 0.2) is 42.6 Å². The van der Waals surface area contributed by atoms with Gasteiger partial charge in [0, 0.05) is 42.6 Å². The second-order valence-electron chi connectivity index (χ2n) is 7.36. The van der Waals surface area contributed by atoms with E-state index in [-0.39, 0.29) is 6.04 Å². The van der Waals surface area contributed by atoms with E-state index < -0.39 is 0 Å². The number of hydrogen-bond acceptors (Lipinski definition) is 5. The number of rotatable bonds is 4. The highest BCUT2D eigenvalue weighted by Crippen LogP contribution is 2.29. The largest absolute Gasteiger partial charge is 0.369 e. The topological polar surface area (TPSA) is 53.1 Å². The maximum Gasteiger partial charge on any atom is 0.157 e. The molecule has 0 spiro atoms. The fourth-order valence-electron chi connectivity index (χ4n) is 3.82. The van der Waals surface area contributed by atoms with E-state index in [0.29, 0.717) is 0 Å². The summed E-state index contributed by atoms with van der Waals surface area (Å²) < 4.78 is 0. The van der Waals surface area contributed by atoms with Crippen LogP contribution in [-0.4, -0.2) is 36.4 Å². The molecular weight excluding hydrogens is 334 g/mol. The average Bonchev–Trinajstić information content (AvgIpc) is 2.70. The van der Waals surface area contributed by atoms with E-state index >= 15 is 0 Å². The summed E-state index contributed by atoms with van der Waals surface area (Å²) in [7, 11) is 0. The van der Waals surface area contributed by atoms with Crippen LogP contribution in [0.1, 0.15) is 29.7 Å². The Morgan fingerprint density at radius 1 is 1.11 bits per heavy atom. The molecule has 2 heterocycles. The van der Waals surface area contributed by atoms with Crippen molar-refractivity contribution < 1.29 is 0 Å². The Labute approximate surface area is 160 Å². The summed E-state index contributed by atoms with van der Waals surface area (Å²) >= 11 is 0. The van der Waals surface area contributed by atoms with E-state index in [1.165, 1.54) is 22.4 Å². The van der Waals surface area contributed by atoms with E-state index in [1.807, 2.05) is 6.20 Å². The van der Waals surface area contributed by atoms with Crippen LogP contribution in [0.25, 0.3) is 10.8 Å². The average molecular weight is 361 g/mol. The minimum atomic E-state index is 0.160. The van der Waals surface area contributed by atoms with Gasteiger partial charge >= 0.3 is 0 Å². The van der Waals surface area contributed by atoms with Gasteiger partial charge in [0.25, 0.3) is 0 Å². The lowest BCUT2D eigenvalue weighted by atomic mass is 9.98. The molecule has 2 N–H and O–H groups in total. The maximum absolute atomic E-state index is 4.42. The quantitative estimate of drug-likeness (QED) is 0.740. The number of nitrogens with one attached hydrogen (secondary N) is 2. The first-order valence-corrected chi connectivity index (χ1v) is 9.67. The van der Waals surface area contributed by atoms with E-state index in [9.17, 15) is 0 Å². The first-order chi connectivity index (χ1) is 13.1. The molecule has 4 rings (SSSR count). The maximum atomic E-state index is 4.42. The summed E-state index contributed by atoms with van der Waals surface area (Å²) in [6.45, 7) is 10.6. The Kier molecular flexibility index (Phi) is 4.94. The standard InChI is InChI=1S/C22H27N5/c1-15-5-4-6-20(16(15)2)17(3)25-22-21-13-19(27-11-9-23-10-12-27)8-7-18(21)14-24-26-22/h4-8,13-14,17,23H,9-12H2,1-3H3,(H,25,26)/t17-/m1/s1. The molecule has 1 saturated heterocycles. The normalized spacial score (nSPS) is 15.7. The number of nitrogens with zero attached hydrogens (tertiary/aromatic N) is 3. The fourth-order valence-corrected chi connectivity index (χ4v) is 3.82. The molecule has 5 nitrogen and oxygen atoms in total. The molecule has 27 heavy (non-hydrogen) atoms. The molecule has 5 heteroatoms. The van der Waals surface area contributed by atoms with Crippen molar-refractivity contribution in [3.05, 3.63) is 59.3 Å². The first-order valence-electron chi connectivity index (χ1n) is 9.67. The molecule has 1 fully saturated rings. The number of benzene rings is 2. The molecular formula is C22H27N5. The Morgan fingerprint density at radius 2 is 1.93 bits per heavy atom. The highest BCUT2D eigenvalue weighted by atomic mass is 15.2. The van der Waals surface area contributed by atoms with Gasteiger partial charge in [0.2, 0.25) is 0 Å². The van der Waals surface area contributed by atoms with E-state index in [2.05, 4.69) is 82.9 Å². The Balaban J connectivity index is 1.67. The van der Waals surface area contributed by atoms with Crippen molar-refractivity contribution in [1.29, 1.82) is 0 Å². The lowest BCUT2D eigenvalue weighted by molar-refractivity contribution is 0.589. The second-order valence-corrected chi connectivity index (χ2v) is 7.36. The van der Waals surface area contributed by atoms with Crippen LogP contribution in [-0.2, 0) is 0 Å². The molecule has 140 valence electrons. The minimum Gasteiger partial charge on any atom is -0.369 e. The molecule has 2 aromatic carbocycles. The molecule has 3 aromatic rings. The van der Waals surface area contributed by atoms with Crippen molar-refractivity contribution in [2.75, 3.05) is 36.4 Å². The molecule has 0 amide bonds. The Morgan fingerprint density at radius 3 is 2.74 bits per heavy atom. The summed E-state index contributed by atoms with van der Waals surface area (Å²) in [5, 5.41) is 17.9. The lowest BCUT2D eigenvalue weighted by Crippen LogP contribution is -2.43. The zero-order valence-corrected chi connectivity index (χ0v) is 16.3. The minimum absolute atomic E-state index is 0.160. The van der Waals surface area contributed by atoms with Gasteiger partial charge in [-0.2, -0.15) is 5.10 Å². The second kappa shape index (κ2) is 7.53. The summed E-state index contributed by atoms with van der Waals surface area (Å²) in [4.78, 5) is 2.42. The van der Waals surface area contributed by atoms with Crippen molar-refractivity contribution >= 4 is 22.3 Å². The van der Waals surface area contributed by atoms with Crippen LogP contribution in [0.2, 0.25) is 0 Å². The van der Waals surface area contributed by atoms with Gasteiger partial charge in [-0.15, -0.1) is 5.10 Å². The third-order valence-corrected chi connectivity index (χ3v) is 5.59. The summed E-state index contributed by atoms with van der Waals surface area (Å²) in [6, 6.07) is 13.2. The van der Waals surface area contributed by atoms with Gasteiger partial charge in [0.05, 0.1) is 12.2 Å². The predicted octanol–water partition coefficient (Wildman–Crippen LogP) is 3.83. The highest BCUT2D eigenvalue weighted by molar-refractivity contribution is 5.93. The van der Waals surface area contributed by atoms with Crippen LogP contribution in [0, 0.1) is 13.8 Å². The van der Waals surface area contributed by atoms with Gasteiger partial charge in [-0.25, -0.2) is 0 Å². The summed E-state index contributed by atoms with van der Waals surface area (Å²) in [5.41, 5.74) is 5.19. The monoisotopic (exact) mass is 361 g/mol. The predicted molar refractivity (Wildman–Crippen MR) is 113 cm³/mol. The van der Waals surface area contributed by atoms with Gasteiger partial charge in [-0.05, 0) is 49.6 Å². The number of aryl methyl sites for hydroxylation is 1. The zero-order chi connectivity index (χ0) is 18.8. The van der Waals surface area contributed by atoms with Crippen molar-refractivity contribution in [3.63, 3.8) is 0 Å². The first kappa shape index (κ1) is 17.7. The molecule has 0 radical (unpaired) electrons. The van der Waals surface area contributed by atoms with E-state index in [0.717, 1.165) is 42.8 Å². The molecule has 1 atom stereocenters. The van der Waals surface area contributed by atoms with Gasteiger partial charge in [0.15, 0.2) is 5.82 Å². The summed E-state index contributed by atoms with van der Waals surface area (Å²) in [6.07, 6.45) is 1.84. The third-order valence-electron chi connectivity index (χ3n) is 5.59. The molecule has 1 aliphatic heterocycles. The van der Waals surface area contributed by atoms with Crippen LogP contribution in [0.3, 0.4) is 0 Å². The molecule has 0 aliphatic carbocycles. The van der Waals surface area contributed by atoms with Gasteiger partial charge in [-0.1, -0.05) is 24.3 Å². The number of anilines is 2. The highest BCUT2D eigenvalue weighted by Gasteiger charge is 2.15. The number of fused-ring (bicyclic) bond motifs is 1. The molecule has 0 bridgehead atoms. The molecule has 0 saturated carbocycles. The van der Waals surface area contributed by atoms with Crippen molar-refractivity contribution in [1.82, 2.24) is 15.5 Å². The van der Waals surface area contributed by atoms with Crippen LogP contribution < -0.4 is 15.5 Å². The Hall–Kier alpha value is -2.66. The fraction of sp³-hybridized carbons (Fsp3) is 0.364. The molecule has 1 aromatic heterocycles. The van der Waals surface area contributed by atoms with E-state index in [4.69, 9.17) is 0 Å². The van der Waals surface area contributed by atoms with E-state index in [1.54, 1.807) is 0 Å². The van der Waals surface area contributed by atoms with Crippen LogP contribution in [0.5, 0.6) is 0 Å². The van der Waals surface area contributed by atoms with Crippen molar-refractivity contribution in [2.45, 2.75) is 26.8 Å². The zero-order valence-electron chi connectivity index (χ0n) is 16.3. The van der Waals surface area contributed by atoms with Gasteiger partial charge in [-0.3, -0.25) is 0 Å². The smallest absolute Gasteiger partial charge is 0.157 e. The van der Waals surface area contributed by atoms with Crippen molar-refractivity contribution in [2.24, 2.45) is 0 Å². The summed E-state index contributed by atoms with van der Waals surface area (Å²) in [5.74, 6) is 0.845. The SMILES string of the molecule is Cc1cccc([C@@H](C)Nc2nncc3ccc(N4CCNCC4)cc23)c1C. The van der Waals surface area contributed by atoms with Crippen molar-refractivity contribution in [3.8, 4) is 0 Å². The lowest BCUT2D eigenvalue weighted by Gasteiger charge is -2.29. The number of piperazine rings is 1. The molecule has 0 unspecified atom stereocenters. The van der Waals surface area contributed by atoms with Gasteiger partial charge in [0.1, 0.15) is 0 Å². The Bertz CT molecular complexity index is 947. The van der Waals surface area contributed by atoms with Crippen LogP contribution >= 0.6 is 0 Å². The number of hydrogen-bond donors (Lipinski definition) is 2. The number of aromatic nitrogens is 2. The molecule has 1 aliphatic rings. The van der Waals surface area contributed by atoms with Gasteiger partial charge < -0.3 is 15.5 Å². The third kappa shape index (κ3) is 3.60.